The van der Waals surface area contributed by atoms with Gasteiger partial charge < -0.3 is 10.6 Å². The van der Waals surface area contributed by atoms with Crippen LogP contribution in [-0.2, 0) is 4.79 Å². The van der Waals surface area contributed by atoms with E-state index in [0.717, 1.165) is 25.1 Å². The van der Waals surface area contributed by atoms with Crippen molar-refractivity contribution in [3.63, 3.8) is 0 Å². The van der Waals surface area contributed by atoms with Crippen molar-refractivity contribution >= 4 is 11.7 Å². The van der Waals surface area contributed by atoms with Crippen molar-refractivity contribution < 1.29 is 4.79 Å². The van der Waals surface area contributed by atoms with Crippen LogP contribution >= 0.6 is 0 Å². The Labute approximate surface area is 141 Å². The van der Waals surface area contributed by atoms with Gasteiger partial charge >= 0.3 is 0 Å². The lowest BCUT2D eigenvalue weighted by Gasteiger charge is -2.27. The Hall–Kier alpha value is -2.28. The minimum absolute atomic E-state index is 0.0174. The fourth-order valence-corrected chi connectivity index (χ4v) is 2.92. The van der Waals surface area contributed by atoms with Crippen LogP contribution in [0.4, 0.5) is 5.82 Å². The van der Waals surface area contributed by atoms with Crippen LogP contribution < -0.4 is 10.6 Å². The number of nitrogens with zero attached hydrogens (tertiary/aromatic N) is 4. The summed E-state index contributed by atoms with van der Waals surface area (Å²) in [6, 6.07) is 4.03. The smallest absolute Gasteiger partial charge is 0.252 e. The molecule has 0 radical (unpaired) electrons. The third-order valence-electron chi connectivity index (χ3n) is 4.31. The molecule has 0 aromatic carbocycles. The zero-order valence-electron chi connectivity index (χ0n) is 14.4. The number of rotatable bonds is 4. The second-order valence-electron chi connectivity index (χ2n) is 6.64. The number of carbonyl (C=O) groups is 1. The topological polar surface area (TPSA) is 84.7 Å². The molecule has 0 spiro atoms. The zero-order valence-corrected chi connectivity index (χ0v) is 14.4. The van der Waals surface area contributed by atoms with E-state index >= 15 is 0 Å². The number of aromatic nitrogens is 4. The molecule has 3 rings (SSSR count). The van der Waals surface area contributed by atoms with Crippen LogP contribution in [0.25, 0.3) is 5.95 Å². The molecule has 24 heavy (non-hydrogen) atoms. The molecular formula is C17H24N6O. The highest BCUT2D eigenvalue weighted by Crippen LogP contribution is 2.23. The van der Waals surface area contributed by atoms with E-state index in [9.17, 15) is 4.79 Å². The standard InChI is InChI=1S/C17H24N6O/c1-11(2)14-10-15(23(22-14)17-19-6-4-7-20-17)21-16(24)13-5-8-18-12(3)9-13/h4,6-7,10-13,18H,5,8-9H2,1-3H3,(H,21,24)/t12-,13-/m0/s1. The number of nitrogens with one attached hydrogen (secondary N) is 2. The van der Waals surface area contributed by atoms with E-state index in [4.69, 9.17) is 0 Å². The second kappa shape index (κ2) is 7.09. The average Bonchev–Trinajstić information content (AvgIpc) is 3.00. The molecule has 2 atom stereocenters. The van der Waals surface area contributed by atoms with Gasteiger partial charge in [-0.25, -0.2) is 9.97 Å². The first-order chi connectivity index (χ1) is 11.5. The zero-order chi connectivity index (χ0) is 17.1. The molecule has 0 saturated carbocycles. The Morgan fingerprint density at radius 1 is 1.38 bits per heavy atom. The molecule has 3 heterocycles. The van der Waals surface area contributed by atoms with E-state index in [0.29, 0.717) is 17.8 Å². The van der Waals surface area contributed by atoms with Crippen molar-refractivity contribution in [3.05, 3.63) is 30.2 Å². The Morgan fingerprint density at radius 2 is 2.12 bits per heavy atom. The Balaban J connectivity index is 1.85. The Bertz CT molecular complexity index is 696. The first kappa shape index (κ1) is 16.6. The average molecular weight is 328 g/mol. The largest absolute Gasteiger partial charge is 0.314 e. The summed E-state index contributed by atoms with van der Waals surface area (Å²) >= 11 is 0. The predicted molar refractivity (Wildman–Crippen MR) is 92.1 cm³/mol. The fraction of sp³-hybridized carbons (Fsp3) is 0.529. The van der Waals surface area contributed by atoms with Crippen LogP contribution in [0.3, 0.4) is 0 Å². The van der Waals surface area contributed by atoms with Crippen LogP contribution in [0.5, 0.6) is 0 Å². The van der Waals surface area contributed by atoms with Crippen molar-refractivity contribution in [3.8, 4) is 5.95 Å². The molecule has 1 amide bonds. The van der Waals surface area contributed by atoms with Gasteiger partial charge in [0.15, 0.2) is 0 Å². The van der Waals surface area contributed by atoms with Gasteiger partial charge in [-0.3, -0.25) is 4.79 Å². The highest BCUT2D eigenvalue weighted by atomic mass is 16.2. The van der Waals surface area contributed by atoms with Crippen LogP contribution in [0.15, 0.2) is 24.5 Å². The molecule has 2 aromatic heterocycles. The lowest BCUT2D eigenvalue weighted by Crippen LogP contribution is -2.40. The third kappa shape index (κ3) is 3.62. The van der Waals surface area contributed by atoms with Gasteiger partial charge in [-0.05, 0) is 38.3 Å². The highest BCUT2D eigenvalue weighted by Gasteiger charge is 2.26. The molecule has 0 aliphatic carbocycles. The van der Waals surface area contributed by atoms with Crippen LogP contribution in [-0.4, -0.2) is 38.2 Å². The summed E-state index contributed by atoms with van der Waals surface area (Å²) in [7, 11) is 0. The fourth-order valence-electron chi connectivity index (χ4n) is 2.92. The van der Waals surface area contributed by atoms with Gasteiger partial charge in [-0.15, -0.1) is 0 Å². The second-order valence-corrected chi connectivity index (χ2v) is 6.64. The molecule has 1 aliphatic heterocycles. The van der Waals surface area contributed by atoms with Gasteiger partial charge in [-0.2, -0.15) is 9.78 Å². The minimum Gasteiger partial charge on any atom is -0.314 e. The highest BCUT2D eigenvalue weighted by molar-refractivity contribution is 5.92. The summed E-state index contributed by atoms with van der Waals surface area (Å²) in [5, 5.41) is 11.0. The molecule has 0 unspecified atom stereocenters. The van der Waals surface area contributed by atoms with Crippen molar-refractivity contribution in [1.29, 1.82) is 0 Å². The number of hydrogen-bond acceptors (Lipinski definition) is 5. The SMILES string of the molecule is CC(C)c1cc(NC(=O)[C@H]2CCN[C@@H](C)C2)n(-c2ncccn2)n1. The summed E-state index contributed by atoms with van der Waals surface area (Å²) in [6.45, 7) is 7.12. The lowest BCUT2D eigenvalue weighted by molar-refractivity contribution is -0.120. The monoisotopic (exact) mass is 328 g/mol. The first-order valence-electron chi connectivity index (χ1n) is 8.46. The molecule has 128 valence electrons. The van der Waals surface area contributed by atoms with Gasteiger partial charge in [-0.1, -0.05) is 13.8 Å². The van der Waals surface area contributed by atoms with Crippen molar-refractivity contribution in [1.82, 2.24) is 25.1 Å². The van der Waals surface area contributed by atoms with E-state index in [1.807, 2.05) is 6.07 Å². The summed E-state index contributed by atoms with van der Waals surface area (Å²) in [6.07, 6.45) is 5.03. The molecule has 1 aliphatic rings. The van der Waals surface area contributed by atoms with Crippen LogP contribution in [0.1, 0.15) is 45.2 Å². The summed E-state index contributed by atoms with van der Waals surface area (Å²) < 4.78 is 1.61. The van der Waals surface area contributed by atoms with Crippen molar-refractivity contribution in [2.24, 2.45) is 5.92 Å². The van der Waals surface area contributed by atoms with Gasteiger partial charge in [0.1, 0.15) is 5.82 Å². The number of piperidine rings is 1. The maximum absolute atomic E-state index is 12.7. The van der Waals surface area contributed by atoms with Crippen LogP contribution in [0, 0.1) is 5.92 Å². The van der Waals surface area contributed by atoms with E-state index in [1.165, 1.54) is 0 Å². The molecule has 7 heteroatoms. The number of carbonyl (C=O) groups excluding carboxylic acids is 1. The number of amides is 1. The molecule has 7 nitrogen and oxygen atoms in total. The first-order valence-corrected chi connectivity index (χ1v) is 8.46. The van der Waals surface area contributed by atoms with Gasteiger partial charge in [0.2, 0.25) is 5.91 Å². The normalized spacial score (nSPS) is 21.0. The molecule has 1 fully saturated rings. The van der Waals surface area contributed by atoms with Gasteiger partial charge in [0.05, 0.1) is 5.69 Å². The summed E-state index contributed by atoms with van der Waals surface area (Å²) in [5.74, 6) is 1.39. The summed E-state index contributed by atoms with van der Waals surface area (Å²) in [4.78, 5) is 21.1. The molecule has 2 N–H and O–H groups in total. The molecule has 1 saturated heterocycles. The third-order valence-corrected chi connectivity index (χ3v) is 4.31. The van der Waals surface area contributed by atoms with E-state index in [2.05, 4.69) is 46.5 Å². The maximum Gasteiger partial charge on any atom is 0.252 e. The summed E-state index contributed by atoms with van der Waals surface area (Å²) in [5.41, 5.74) is 0.899. The predicted octanol–water partition coefficient (Wildman–Crippen LogP) is 2.11. The van der Waals surface area contributed by atoms with E-state index < -0.39 is 0 Å². The van der Waals surface area contributed by atoms with E-state index in [1.54, 1.807) is 23.1 Å². The van der Waals surface area contributed by atoms with Crippen molar-refractivity contribution in [2.75, 3.05) is 11.9 Å². The number of hydrogen-bond donors (Lipinski definition) is 2. The quantitative estimate of drug-likeness (QED) is 0.898. The maximum atomic E-state index is 12.7. The van der Waals surface area contributed by atoms with Crippen molar-refractivity contribution in [2.45, 2.75) is 45.6 Å². The lowest BCUT2D eigenvalue weighted by atomic mass is 9.92. The van der Waals surface area contributed by atoms with Gasteiger partial charge in [0.25, 0.3) is 5.95 Å². The minimum atomic E-state index is 0.0174. The van der Waals surface area contributed by atoms with E-state index in [-0.39, 0.29) is 17.7 Å². The van der Waals surface area contributed by atoms with Crippen LogP contribution in [0.2, 0.25) is 0 Å². The number of anilines is 1. The molecule has 2 aromatic rings. The Morgan fingerprint density at radius 3 is 2.79 bits per heavy atom. The van der Waals surface area contributed by atoms with Gasteiger partial charge in [0, 0.05) is 30.4 Å². The molecular weight excluding hydrogens is 304 g/mol. The molecule has 0 bridgehead atoms. The Kier molecular flexibility index (Phi) is 4.89.